The standard InChI is InChI=1S/C14H23N3O8S.C7H12O4/c1-4-23-12(19)14(2,3)8-24-26(21,22)25-17-9-5-6-10(11(15)18)16(7-9)13(17)20;1-7(2,6(10)11)4-3-5(8)9/h9-10H,4-8H2,1-3H3,(H2,15,18);3-4H2,1-2H3,(H,8,9)(H,10,11)/t9-,10+;/m1./s1. The van der Waals surface area contributed by atoms with E-state index in [0.29, 0.717) is 17.9 Å². The molecule has 0 radical (unpaired) electrons. The molecule has 16 heteroatoms. The number of nitrogens with two attached hydrogens (primary N) is 1. The van der Waals surface area contributed by atoms with E-state index in [-0.39, 0.29) is 26.0 Å². The largest absolute Gasteiger partial charge is 0.481 e. The summed E-state index contributed by atoms with van der Waals surface area (Å²) in [4.78, 5) is 57.2. The molecule has 37 heavy (non-hydrogen) atoms. The molecule has 2 aliphatic heterocycles. The number of rotatable bonds is 12. The Bertz CT molecular complexity index is 995. The number of esters is 1. The number of carboxylic acid groups (broad SMARTS) is 2. The van der Waals surface area contributed by atoms with Gasteiger partial charge in [-0.05, 0) is 53.9 Å². The molecule has 2 bridgehead atoms. The van der Waals surface area contributed by atoms with E-state index in [4.69, 9.17) is 29.2 Å². The molecule has 2 fully saturated rings. The minimum Gasteiger partial charge on any atom is -0.481 e. The van der Waals surface area contributed by atoms with Gasteiger partial charge in [-0.1, -0.05) is 0 Å². The molecule has 212 valence electrons. The summed E-state index contributed by atoms with van der Waals surface area (Å²) >= 11 is 0. The Kier molecular flexibility index (Phi) is 10.8. The van der Waals surface area contributed by atoms with Crippen molar-refractivity contribution in [2.45, 2.75) is 72.4 Å². The van der Waals surface area contributed by atoms with Gasteiger partial charge >= 0.3 is 34.3 Å². The highest BCUT2D eigenvalue weighted by Crippen LogP contribution is 2.31. The van der Waals surface area contributed by atoms with E-state index in [2.05, 4.69) is 0 Å². The Morgan fingerprint density at radius 1 is 1.08 bits per heavy atom. The van der Waals surface area contributed by atoms with Crippen LogP contribution in [0.5, 0.6) is 0 Å². The molecular formula is C21H35N3O12S. The van der Waals surface area contributed by atoms with Gasteiger partial charge in [0.2, 0.25) is 5.91 Å². The maximum absolute atomic E-state index is 12.3. The number of urea groups is 1. The summed E-state index contributed by atoms with van der Waals surface area (Å²) < 4.78 is 38.5. The number of carbonyl (C=O) groups excluding carboxylic acids is 3. The van der Waals surface area contributed by atoms with Crippen molar-refractivity contribution in [3.8, 4) is 0 Å². The Hall–Kier alpha value is -2.98. The van der Waals surface area contributed by atoms with Gasteiger partial charge in [-0.3, -0.25) is 19.2 Å². The first-order valence-corrected chi connectivity index (χ1v) is 12.8. The van der Waals surface area contributed by atoms with Crippen LogP contribution in [0.3, 0.4) is 0 Å². The van der Waals surface area contributed by atoms with Crippen molar-refractivity contribution < 1.29 is 55.8 Å². The summed E-state index contributed by atoms with van der Waals surface area (Å²) in [5.41, 5.74) is 3.10. The highest BCUT2D eigenvalue weighted by molar-refractivity contribution is 7.81. The molecular weight excluding hydrogens is 518 g/mol. The number of piperidine rings is 1. The molecule has 2 atom stereocenters. The smallest absolute Gasteiger partial charge is 0.421 e. The van der Waals surface area contributed by atoms with Crippen LogP contribution in [0.2, 0.25) is 0 Å². The third-order valence-corrected chi connectivity index (χ3v) is 6.51. The fourth-order valence-electron chi connectivity index (χ4n) is 3.28. The van der Waals surface area contributed by atoms with Gasteiger partial charge < -0.3 is 25.6 Å². The van der Waals surface area contributed by atoms with Gasteiger partial charge in [0.15, 0.2) is 0 Å². The van der Waals surface area contributed by atoms with Gasteiger partial charge in [0.25, 0.3) is 0 Å². The molecule has 3 amide bonds. The Labute approximate surface area is 215 Å². The minimum absolute atomic E-state index is 0.0979. The third kappa shape index (κ3) is 9.12. The highest BCUT2D eigenvalue weighted by atomic mass is 32.3. The van der Waals surface area contributed by atoms with Crippen molar-refractivity contribution in [3.63, 3.8) is 0 Å². The molecule has 2 saturated heterocycles. The second kappa shape index (κ2) is 12.5. The summed E-state index contributed by atoms with van der Waals surface area (Å²) in [5, 5.41) is 17.5. The van der Waals surface area contributed by atoms with E-state index >= 15 is 0 Å². The lowest BCUT2D eigenvalue weighted by atomic mass is 9.88. The van der Waals surface area contributed by atoms with Crippen LogP contribution in [-0.2, 0) is 42.8 Å². The topological polar surface area (TPSA) is 220 Å². The molecule has 0 aliphatic carbocycles. The summed E-state index contributed by atoms with van der Waals surface area (Å²) in [6.07, 6.45) is 0.749. The lowest BCUT2D eigenvalue weighted by molar-refractivity contribution is -0.155. The molecule has 4 N–H and O–H groups in total. The molecule has 0 aromatic rings. The average Bonchev–Trinajstić information content (AvgIpc) is 3.01. The number of hydrogen-bond donors (Lipinski definition) is 3. The van der Waals surface area contributed by atoms with Crippen LogP contribution in [0.15, 0.2) is 0 Å². The van der Waals surface area contributed by atoms with Crippen LogP contribution in [0.1, 0.15) is 60.3 Å². The first-order valence-electron chi connectivity index (χ1n) is 11.4. The number of amides is 3. The summed E-state index contributed by atoms with van der Waals surface area (Å²) in [6.45, 7) is 7.32. The fourth-order valence-corrected chi connectivity index (χ4v) is 4.14. The second-order valence-corrected chi connectivity index (χ2v) is 11.0. The van der Waals surface area contributed by atoms with Gasteiger partial charge in [0.05, 0.1) is 30.1 Å². The monoisotopic (exact) mass is 553 g/mol. The first-order chi connectivity index (χ1) is 16.8. The zero-order valence-electron chi connectivity index (χ0n) is 21.5. The molecule has 2 rings (SSSR count). The van der Waals surface area contributed by atoms with E-state index in [1.165, 1.54) is 32.6 Å². The van der Waals surface area contributed by atoms with E-state index in [9.17, 15) is 32.4 Å². The summed E-state index contributed by atoms with van der Waals surface area (Å²) in [7, 11) is -4.60. The van der Waals surface area contributed by atoms with E-state index in [1.54, 1.807) is 6.92 Å². The van der Waals surface area contributed by atoms with Crippen molar-refractivity contribution >= 4 is 40.2 Å². The van der Waals surface area contributed by atoms with Gasteiger partial charge in [-0.25, -0.2) is 8.98 Å². The van der Waals surface area contributed by atoms with Crippen molar-refractivity contribution in [1.82, 2.24) is 9.96 Å². The van der Waals surface area contributed by atoms with Crippen LogP contribution < -0.4 is 5.73 Å². The zero-order valence-corrected chi connectivity index (χ0v) is 22.3. The van der Waals surface area contributed by atoms with Gasteiger partial charge in [0.1, 0.15) is 6.04 Å². The number of ether oxygens (including phenoxy) is 1. The fraction of sp³-hybridized carbons (Fsp3) is 0.762. The first kappa shape index (κ1) is 32.0. The summed E-state index contributed by atoms with van der Waals surface area (Å²) in [6, 6.07) is -2.10. The third-order valence-electron chi connectivity index (χ3n) is 5.76. The number of carbonyl (C=O) groups is 5. The van der Waals surface area contributed by atoms with Crippen molar-refractivity contribution in [1.29, 1.82) is 0 Å². The van der Waals surface area contributed by atoms with Crippen LogP contribution >= 0.6 is 0 Å². The number of nitrogens with zero attached hydrogens (tertiary/aromatic N) is 2. The molecule has 0 aromatic carbocycles. The van der Waals surface area contributed by atoms with Gasteiger partial charge in [-0.2, -0.15) is 13.5 Å². The van der Waals surface area contributed by atoms with E-state index < -0.39 is 69.8 Å². The number of aliphatic carboxylic acids is 2. The average molecular weight is 554 g/mol. The van der Waals surface area contributed by atoms with Crippen molar-refractivity contribution in [2.24, 2.45) is 16.6 Å². The van der Waals surface area contributed by atoms with Crippen molar-refractivity contribution in [2.75, 3.05) is 19.8 Å². The number of carboxylic acids is 2. The number of hydroxylamine groups is 2. The van der Waals surface area contributed by atoms with Gasteiger partial charge in [-0.15, -0.1) is 4.28 Å². The Morgan fingerprint density at radius 3 is 2.16 bits per heavy atom. The molecule has 0 saturated carbocycles. The highest BCUT2D eigenvalue weighted by Gasteiger charge is 2.49. The normalized spacial score (nSPS) is 19.6. The Morgan fingerprint density at radius 2 is 1.68 bits per heavy atom. The van der Waals surface area contributed by atoms with Crippen LogP contribution in [0, 0.1) is 10.8 Å². The molecule has 2 aliphatic rings. The molecule has 2 heterocycles. The van der Waals surface area contributed by atoms with E-state index in [0.717, 1.165) is 0 Å². The minimum atomic E-state index is -4.60. The maximum atomic E-state index is 12.3. The molecule has 0 aromatic heterocycles. The number of primary amides is 1. The van der Waals surface area contributed by atoms with Crippen LogP contribution in [0.25, 0.3) is 0 Å². The van der Waals surface area contributed by atoms with Gasteiger partial charge in [0, 0.05) is 13.0 Å². The lowest BCUT2D eigenvalue weighted by Gasteiger charge is -2.27. The maximum Gasteiger partial charge on any atom is 0.421 e. The lowest BCUT2D eigenvalue weighted by Crippen LogP contribution is -2.47. The number of fused-ring (bicyclic) bond motifs is 2. The SMILES string of the molecule is CC(C)(CCC(=O)O)C(=O)O.CCOC(=O)C(C)(C)COS(=O)(=O)ON1C(=O)N2C[C@H]1CC[C@H]2C(N)=O. The second-order valence-electron chi connectivity index (χ2n) is 9.84. The molecule has 0 spiro atoms. The van der Waals surface area contributed by atoms with E-state index in [1.807, 2.05) is 0 Å². The Balaban J connectivity index is 0.000000525. The predicted molar refractivity (Wildman–Crippen MR) is 125 cm³/mol. The van der Waals surface area contributed by atoms with Crippen molar-refractivity contribution in [3.05, 3.63) is 0 Å². The summed E-state index contributed by atoms with van der Waals surface area (Å²) in [5.74, 6) is -3.20. The molecule has 0 unspecified atom stereocenters. The van der Waals surface area contributed by atoms with Crippen LogP contribution in [-0.4, -0.2) is 90.3 Å². The zero-order chi connectivity index (χ0) is 28.8. The quantitative estimate of drug-likeness (QED) is 0.281. The number of hydrogen-bond acceptors (Lipinski definition) is 10. The van der Waals surface area contributed by atoms with Crippen LogP contribution in [0.4, 0.5) is 4.79 Å². The molecule has 15 nitrogen and oxygen atoms in total. The predicted octanol–water partition coefficient (Wildman–Crippen LogP) is 0.485.